The molecule has 0 amide bonds. The molecule has 0 unspecified atom stereocenters. The Balaban J connectivity index is 2.30. The highest BCUT2D eigenvalue weighted by Gasteiger charge is 2.80. The molecule has 0 N–H and O–H groups in total. The van der Waals surface area contributed by atoms with Crippen molar-refractivity contribution in [1.29, 1.82) is 0 Å². The average Bonchev–Trinajstić information content (AvgIpc) is 2.97. The second kappa shape index (κ2) is 12.3. The van der Waals surface area contributed by atoms with Crippen LogP contribution in [-0.2, 0) is 20.1 Å². The van der Waals surface area contributed by atoms with E-state index in [-0.39, 0.29) is 0 Å². The van der Waals surface area contributed by atoms with Crippen molar-refractivity contribution in [3.8, 4) is 0 Å². The van der Waals surface area contributed by atoms with Gasteiger partial charge in [0, 0.05) is 11.1 Å². The maximum Gasteiger partial charge on any atom is 0.429 e. The highest BCUT2D eigenvalue weighted by atomic mass is 28.4. The van der Waals surface area contributed by atoms with E-state index in [1.165, 1.54) is 12.1 Å². The van der Waals surface area contributed by atoms with Gasteiger partial charge in [0.2, 0.25) is 0 Å². The van der Waals surface area contributed by atoms with Crippen LogP contribution in [0.15, 0.2) is 109 Å². The highest BCUT2D eigenvalue weighted by Crippen LogP contribution is 2.58. The van der Waals surface area contributed by atoms with Crippen LogP contribution >= 0.6 is 0 Å². The van der Waals surface area contributed by atoms with E-state index in [1.807, 2.05) is 0 Å². The standard InChI is InChI=1S/C32H24F12O2Si/c1-21-13-9-11-19-25(21)27(29(33,34)35,30(36,37)38)45-47(23-15-5-3-6-16-23,24-17-7-4-8-18-24)46-28(31(39,40)41,32(42,43)44)26-20-12-10-14-22(26)2/h3-20H,1-2H3. The Morgan fingerprint density at radius 2 is 0.638 bits per heavy atom. The molecule has 4 aromatic rings. The van der Waals surface area contributed by atoms with Crippen molar-refractivity contribution < 1.29 is 61.5 Å². The first-order chi connectivity index (χ1) is 21.7. The summed E-state index contributed by atoms with van der Waals surface area (Å²) in [7, 11) is -6.55. The topological polar surface area (TPSA) is 18.5 Å². The molecule has 0 aliphatic carbocycles. The van der Waals surface area contributed by atoms with Crippen molar-refractivity contribution in [3.05, 3.63) is 131 Å². The smallest absolute Gasteiger partial charge is 0.362 e. The van der Waals surface area contributed by atoms with Crippen molar-refractivity contribution in [3.63, 3.8) is 0 Å². The van der Waals surface area contributed by atoms with E-state index in [1.54, 1.807) is 0 Å². The lowest BCUT2D eigenvalue weighted by atomic mass is 9.89. The molecule has 4 aromatic carbocycles. The molecule has 0 fully saturated rings. The SMILES string of the molecule is Cc1ccccc1C(O[Si](OC(c1ccccc1C)(C(F)(F)F)C(F)(F)F)(c1ccccc1)c1ccccc1)(C(F)(F)F)C(F)(F)F. The summed E-state index contributed by atoms with van der Waals surface area (Å²) in [6, 6.07) is 15.9. The van der Waals surface area contributed by atoms with E-state index in [2.05, 4.69) is 0 Å². The summed E-state index contributed by atoms with van der Waals surface area (Å²) in [6.45, 7) is 1.73. The number of hydrogen-bond donors (Lipinski definition) is 0. The molecule has 0 aromatic heterocycles. The summed E-state index contributed by atoms with van der Waals surface area (Å²) in [5, 5.41) is -1.80. The Kier molecular flexibility index (Phi) is 9.44. The quantitative estimate of drug-likeness (QED) is 0.135. The summed E-state index contributed by atoms with van der Waals surface area (Å²) < 4.78 is 194. The summed E-state index contributed by atoms with van der Waals surface area (Å²) in [4.78, 5) is 0. The van der Waals surface area contributed by atoms with E-state index >= 15 is 52.7 Å². The first-order valence-corrected chi connectivity index (χ1v) is 15.4. The van der Waals surface area contributed by atoms with E-state index in [9.17, 15) is 0 Å². The maximum absolute atomic E-state index is 15.3. The lowest BCUT2D eigenvalue weighted by molar-refractivity contribution is -0.387. The van der Waals surface area contributed by atoms with Gasteiger partial charge in [-0.3, -0.25) is 0 Å². The molecule has 47 heavy (non-hydrogen) atoms. The summed E-state index contributed by atoms with van der Waals surface area (Å²) in [6.07, 6.45) is -26.0. The minimum Gasteiger partial charge on any atom is -0.362 e. The van der Waals surface area contributed by atoms with Crippen molar-refractivity contribution >= 4 is 18.9 Å². The third-order valence-electron chi connectivity index (χ3n) is 7.55. The fourth-order valence-electron chi connectivity index (χ4n) is 5.38. The predicted octanol–water partition coefficient (Wildman–Crippen LogP) is 8.93. The van der Waals surface area contributed by atoms with Crippen LogP contribution in [0.25, 0.3) is 0 Å². The van der Waals surface area contributed by atoms with Gasteiger partial charge in [0.25, 0.3) is 11.2 Å². The zero-order chi connectivity index (χ0) is 35.1. The molecular weight excluding hydrogens is 672 g/mol. The van der Waals surface area contributed by atoms with Crippen LogP contribution in [0.1, 0.15) is 22.3 Å². The third-order valence-corrected chi connectivity index (χ3v) is 10.9. The molecule has 2 nitrogen and oxygen atoms in total. The number of rotatable bonds is 8. The van der Waals surface area contributed by atoms with Gasteiger partial charge in [-0.25, -0.2) is 0 Å². The zero-order valence-corrected chi connectivity index (χ0v) is 25.2. The zero-order valence-electron chi connectivity index (χ0n) is 24.2. The molecule has 0 spiro atoms. The number of benzene rings is 4. The second-order valence-corrected chi connectivity index (χ2v) is 13.3. The van der Waals surface area contributed by atoms with Gasteiger partial charge in [-0.15, -0.1) is 0 Å². The number of aryl methyl sites for hydroxylation is 2. The molecular formula is C32H24F12O2Si. The van der Waals surface area contributed by atoms with E-state index in [0.717, 1.165) is 98.8 Å². The molecule has 0 radical (unpaired) electrons. The first kappa shape index (κ1) is 36.0. The molecule has 0 saturated heterocycles. The Bertz CT molecular complexity index is 1510. The van der Waals surface area contributed by atoms with Crippen molar-refractivity contribution in [2.24, 2.45) is 0 Å². The normalized spacial score (nSPS) is 13.9. The van der Waals surface area contributed by atoms with Gasteiger partial charge < -0.3 is 8.85 Å². The van der Waals surface area contributed by atoms with E-state index in [0.29, 0.717) is 12.1 Å². The van der Waals surface area contributed by atoms with Crippen LogP contribution in [0.2, 0.25) is 0 Å². The van der Waals surface area contributed by atoms with Crippen LogP contribution in [0.3, 0.4) is 0 Å². The predicted molar refractivity (Wildman–Crippen MR) is 150 cm³/mol. The monoisotopic (exact) mass is 696 g/mol. The van der Waals surface area contributed by atoms with Crippen LogP contribution in [-0.4, -0.2) is 33.3 Å². The Morgan fingerprint density at radius 1 is 0.383 bits per heavy atom. The van der Waals surface area contributed by atoms with Crippen molar-refractivity contribution in [2.45, 2.75) is 49.8 Å². The van der Waals surface area contributed by atoms with Gasteiger partial charge in [-0.2, -0.15) is 52.7 Å². The molecule has 0 heterocycles. The minimum absolute atomic E-state index is 0.396. The van der Waals surface area contributed by atoms with Gasteiger partial charge in [-0.1, -0.05) is 109 Å². The molecule has 4 rings (SSSR count). The minimum atomic E-state index is -6.55. The molecule has 0 atom stereocenters. The van der Waals surface area contributed by atoms with E-state index < -0.39 is 77.1 Å². The van der Waals surface area contributed by atoms with Crippen molar-refractivity contribution in [1.82, 2.24) is 0 Å². The average molecular weight is 697 g/mol. The Morgan fingerprint density at radius 3 is 0.894 bits per heavy atom. The first-order valence-electron chi connectivity index (χ1n) is 13.6. The number of halogens is 12. The molecule has 15 heteroatoms. The van der Waals surface area contributed by atoms with Gasteiger partial charge in [0.15, 0.2) is 0 Å². The Labute approximate surface area is 261 Å². The van der Waals surface area contributed by atoms with Gasteiger partial charge >= 0.3 is 33.3 Å². The second-order valence-electron chi connectivity index (χ2n) is 10.5. The van der Waals surface area contributed by atoms with Crippen LogP contribution in [0.5, 0.6) is 0 Å². The Hall–Kier alpha value is -3.82. The highest BCUT2D eigenvalue weighted by molar-refractivity contribution is 6.92. The van der Waals surface area contributed by atoms with Crippen LogP contribution in [0, 0.1) is 13.8 Å². The molecule has 0 bridgehead atoms. The number of alkyl halides is 12. The summed E-state index contributed by atoms with van der Waals surface area (Å²) in [5.74, 6) is 0. The molecule has 0 aliphatic heterocycles. The number of hydrogen-bond acceptors (Lipinski definition) is 2. The third kappa shape index (κ3) is 6.04. The van der Waals surface area contributed by atoms with E-state index in [4.69, 9.17) is 8.85 Å². The maximum atomic E-state index is 15.3. The molecule has 252 valence electrons. The van der Waals surface area contributed by atoms with Crippen molar-refractivity contribution in [2.75, 3.05) is 0 Å². The van der Waals surface area contributed by atoms with Gasteiger partial charge in [-0.05, 0) is 35.3 Å². The summed E-state index contributed by atoms with van der Waals surface area (Å²) in [5.41, 5.74) is -15.5. The van der Waals surface area contributed by atoms with Gasteiger partial charge in [0.1, 0.15) is 0 Å². The fraction of sp³-hybridized carbons (Fsp3) is 0.250. The largest absolute Gasteiger partial charge is 0.429 e. The lowest BCUT2D eigenvalue weighted by Gasteiger charge is -2.49. The molecule has 0 saturated carbocycles. The summed E-state index contributed by atoms with van der Waals surface area (Å²) >= 11 is 0. The van der Waals surface area contributed by atoms with Crippen LogP contribution in [0.4, 0.5) is 52.7 Å². The van der Waals surface area contributed by atoms with Crippen LogP contribution < -0.4 is 10.4 Å². The fourth-order valence-corrected chi connectivity index (χ4v) is 9.03. The van der Waals surface area contributed by atoms with Gasteiger partial charge in [0.05, 0.1) is 0 Å². The molecule has 0 aliphatic rings. The lowest BCUT2D eigenvalue weighted by Crippen LogP contribution is -2.75.